The number of oxazole rings is 1. The number of nitrogens with zero attached hydrogens (tertiary/aromatic N) is 2. The standard InChI is InChI=1S/C14H20N2O3/c1-14(2,18)10-15(3)8-9-16-11-6-4-5-7-12(11)19-13(16)17/h4-7,18H,8-10H2,1-3H3. The monoisotopic (exact) mass is 264 g/mol. The quantitative estimate of drug-likeness (QED) is 0.884. The van der Waals surface area contributed by atoms with E-state index in [0.717, 1.165) is 5.52 Å². The first-order valence-corrected chi connectivity index (χ1v) is 6.36. The van der Waals surface area contributed by atoms with E-state index in [1.807, 2.05) is 30.1 Å². The molecule has 0 aliphatic rings. The van der Waals surface area contributed by atoms with Crippen LogP contribution in [0, 0.1) is 0 Å². The highest BCUT2D eigenvalue weighted by atomic mass is 16.4. The van der Waals surface area contributed by atoms with Crippen LogP contribution in [0.25, 0.3) is 11.1 Å². The van der Waals surface area contributed by atoms with Crippen molar-refractivity contribution in [3.05, 3.63) is 34.8 Å². The van der Waals surface area contributed by atoms with Crippen molar-refractivity contribution in [3.8, 4) is 0 Å². The Kier molecular flexibility index (Phi) is 3.78. The number of hydrogen-bond acceptors (Lipinski definition) is 4. The van der Waals surface area contributed by atoms with Crippen LogP contribution >= 0.6 is 0 Å². The smallest absolute Gasteiger partial charge is 0.408 e. The van der Waals surface area contributed by atoms with Crippen LogP contribution < -0.4 is 5.76 Å². The maximum absolute atomic E-state index is 11.8. The molecule has 0 aliphatic carbocycles. The Balaban J connectivity index is 2.10. The lowest BCUT2D eigenvalue weighted by Gasteiger charge is -2.25. The van der Waals surface area contributed by atoms with Gasteiger partial charge in [-0.2, -0.15) is 0 Å². The molecule has 0 aliphatic heterocycles. The molecule has 0 unspecified atom stereocenters. The van der Waals surface area contributed by atoms with Crippen molar-refractivity contribution in [2.45, 2.75) is 26.0 Å². The van der Waals surface area contributed by atoms with Gasteiger partial charge in [0.2, 0.25) is 0 Å². The van der Waals surface area contributed by atoms with Crippen LogP contribution in [0.4, 0.5) is 0 Å². The molecule has 104 valence electrons. The predicted molar refractivity (Wildman–Crippen MR) is 74.3 cm³/mol. The largest absolute Gasteiger partial charge is 0.419 e. The van der Waals surface area contributed by atoms with Crippen molar-refractivity contribution in [1.82, 2.24) is 9.47 Å². The highest BCUT2D eigenvalue weighted by molar-refractivity contribution is 5.72. The second-order valence-corrected chi connectivity index (χ2v) is 5.54. The van der Waals surface area contributed by atoms with Crippen molar-refractivity contribution in [3.63, 3.8) is 0 Å². The third-order valence-corrected chi connectivity index (χ3v) is 2.94. The van der Waals surface area contributed by atoms with E-state index in [1.165, 1.54) is 0 Å². The number of fused-ring (bicyclic) bond motifs is 1. The summed E-state index contributed by atoms with van der Waals surface area (Å²) >= 11 is 0. The lowest BCUT2D eigenvalue weighted by Crippen LogP contribution is -2.38. The molecule has 1 aromatic carbocycles. The number of hydrogen-bond donors (Lipinski definition) is 1. The van der Waals surface area contributed by atoms with Crippen LogP contribution in [0.5, 0.6) is 0 Å². The first-order chi connectivity index (χ1) is 8.87. The topological polar surface area (TPSA) is 58.6 Å². The predicted octanol–water partition coefficient (Wildman–Crippen LogP) is 1.30. The maximum Gasteiger partial charge on any atom is 0.419 e. The molecule has 0 bridgehead atoms. The number of likely N-dealkylation sites (N-methyl/N-ethyl adjacent to an activating group) is 1. The zero-order chi connectivity index (χ0) is 14.0. The van der Waals surface area contributed by atoms with E-state index in [1.54, 1.807) is 24.5 Å². The van der Waals surface area contributed by atoms with Gasteiger partial charge < -0.3 is 14.4 Å². The molecule has 1 aromatic heterocycles. The van der Waals surface area contributed by atoms with Gasteiger partial charge in [0.1, 0.15) is 0 Å². The summed E-state index contributed by atoms with van der Waals surface area (Å²) in [6.45, 7) is 5.30. The molecule has 1 N–H and O–H groups in total. The van der Waals surface area contributed by atoms with E-state index in [2.05, 4.69) is 0 Å². The van der Waals surface area contributed by atoms with Gasteiger partial charge in [0.25, 0.3) is 0 Å². The summed E-state index contributed by atoms with van der Waals surface area (Å²) in [7, 11) is 1.92. The fraction of sp³-hybridized carbons (Fsp3) is 0.500. The first-order valence-electron chi connectivity index (χ1n) is 6.36. The van der Waals surface area contributed by atoms with Gasteiger partial charge >= 0.3 is 5.76 Å². The zero-order valence-corrected chi connectivity index (χ0v) is 11.6. The van der Waals surface area contributed by atoms with Gasteiger partial charge in [-0.3, -0.25) is 4.57 Å². The van der Waals surface area contributed by atoms with Crippen LogP contribution in [0.3, 0.4) is 0 Å². The van der Waals surface area contributed by atoms with Gasteiger partial charge in [-0.1, -0.05) is 12.1 Å². The molecule has 1 heterocycles. The molecule has 2 rings (SSSR count). The van der Waals surface area contributed by atoms with Crippen molar-refractivity contribution in [1.29, 1.82) is 0 Å². The molecular formula is C14H20N2O3. The van der Waals surface area contributed by atoms with E-state index < -0.39 is 5.60 Å². The minimum absolute atomic E-state index is 0.335. The summed E-state index contributed by atoms with van der Waals surface area (Å²) in [5.41, 5.74) is 0.680. The number of aromatic nitrogens is 1. The highest BCUT2D eigenvalue weighted by Crippen LogP contribution is 2.11. The molecule has 5 nitrogen and oxygen atoms in total. The number of benzene rings is 1. The SMILES string of the molecule is CN(CCn1c(=O)oc2ccccc21)CC(C)(C)O. The molecule has 5 heteroatoms. The number of aliphatic hydroxyl groups is 1. The lowest BCUT2D eigenvalue weighted by molar-refractivity contribution is 0.0437. The minimum Gasteiger partial charge on any atom is -0.408 e. The Morgan fingerprint density at radius 2 is 2.05 bits per heavy atom. The van der Waals surface area contributed by atoms with Gasteiger partial charge in [-0.15, -0.1) is 0 Å². The van der Waals surface area contributed by atoms with E-state index >= 15 is 0 Å². The Morgan fingerprint density at radius 3 is 2.74 bits per heavy atom. The van der Waals surface area contributed by atoms with Crippen molar-refractivity contribution in [2.24, 2.45) is 0 Å². The Hall–Kier alpha value is -1.59. The minimum atomic E-state index is -0.738. The van der Waals surface area contributed by atoms with Crippen molar-refractivity contribution < 1.29 is 9.52 Å². The Morgan fingerprint density at radius 1 is 1.37 bits per heavy atom. The summed E-state index contributed by atoms with van der Waals surface area (Å²) in [6, 6.07) is 7.38. The molecular weight excluding hydrogens is 244 g/mol. The van der Waals surface area contributed by atoms with Crippen molar-refractivity contribution >= 4 is 11.1 Å². The first kappa shape index (κ1) is 13.8. The fourth-order valence-electron chi connectivity index (χ4n) is 2.24. The van der Waals surface area contributed by atoms with Crippen molar-refractivity contribution in [2.75, 3.05) is 20.1 Å². The molecule has 19 heavy (non-hydrogen) atoms. The summed E-state index contributed by atoms with van der Waals surface area (Å²) in [4.78, 5) is 13.8. The zero-order valence-electron chi connectivity index (χ0n) is 11.6. The highest BCUT2D eigenvalue weighted by Gasteiger charge is 2.16. The molecule has 0 fully saturated rings. The van der Waals surface area contributed by atoms with Gasteiger partial charge in [-0.05, 0) is 33.0 Å². The van der Waals surface area contributed by atoms with E-state index in [9.17, 15) is 9.90 Å². The maximum atomic E-state index is 11.8. The Labute approximate surface area is 112 Å². The molecule has 0 amide bonds. The van der Waals surface area contributed by atoms with Gasteiger partial charge in [0, 0.05) is 19.6 Å². The fourth-order valence-corrected chi connectivity index (χ4v) is 2.24. The average molecular weight is 264 g/mol. The molecule has 0 radical (unpaired) electrons. The summed E-state index contributed by atoms with van der Waals surface area (Å²) in [5, 5.41) is 9.74. The van der Waals surface area contributed by atoms with Crippen LogP contribution in [-0.2, 0) is 6.54 Å². The van der Waals surface area contributed by atoms with Gasteiger partial charge in [-0.25, -0.2) is 4.79 Å². The number of para-hydroxylation sites is 2. The normalized spacial score (nSPS) is 12.5. The molecule has 2 aromatic rings. The van der Waals surface area contributed by atoms with Crippen LogP contribution in [0.15, 0.2) is 33.5 Å². The number of rotatable bonds is 5. The average Bonchev–Trinajstić information content (AvgIpc) is 2.60. The van der Waals surface area contributed by atoms with Crippen LogP contribution in [0.1, 0.15) is 13.8 Å². The van der Waals surface area contributed by atoms with Gasteiger partial charge in [0.05, 0.1) is 11.1 Å². The second kappa shape index (κ2) is 5.19. The van der Waals surface area contributed by atoms with E-state index in [4.69, 9.17) is 4.42 Å². The van der Waals surface area contributed by atoms with Crippen LogP contribution in [-0.4, -0.2) is 40.3 Å². The second-order valence-electron chi connectivity index (χ2n) is 5.54. The Bertz CT molecular complexity index is 607. The summed E-state index contributed by atoms with van der Waals surface area (Å²) in [5.74, 6) is -0.335. The molecule has 0 saturated heterocycles. The lowest BCUT2D eigenvalue weighted by atomic mass is 10.1. The van der Waals surface area contributed by atoms with E-state index in [-0.39, 0.29) is 5.76 Å². The third kappa shape index (κ3) is 3.45. The van der Waals surface area contributed by atoms with Crippen LogP contribution in [0.2, 0.25) is 0 Å². The van der Waals surface area contributed by atoms with Gasteiger partial charge in [0.15, 0.2) is 5.58 Å². The summed E-state index contributed by atoms with van der Waals surface area (Å²) in [6.07, 6.45) is 0. The third-order valence-electron chi connectivity index (χ3n) is 2.94. The molecule has 0 atom stereocenters. The molecule has 0 spiro atoms. The van der Waals surface area contributed by atoms with E-state index in [0.29, 0.717) is 25.2 Å². The molecule has 0 saturated carbocycles. The summed E-state index contributed by atoms with van der Waals surface area (Å²) < 4.78 is 6.79.